The largest absolute Gasteiger partial charge is 0.488 e. The maximum Gasteiger partial charge on any atom is 0.264 e. The third kappa shape index (κ3) is 5.12. The number of hydrogen-bond acceptors (Lipinski definition) is 4. The second-order valence-electron chi connectivity index (χ2n) is 7.57. The van der Waals surface area contributed by atoms with E-state index in [1.54, 1.807) is 42.5 Å². The van der Waals surface area contributed by atoms with Crippen molar-refractivity contribution in [3.05, 3.63) is 111 Å². The monoisotopic (exact) mass is 504 g/mol. The van der Waals surface area contributed by atoms with E-state index in [2.05, 4.69) is 34.6 Å². The lowest BCUT2D eigenvalue weighted by atomic mass is 10.1. The summed E-state index contributed by atoms with van der Waals surface area (Å²) >= 11 is 13.4. The van der Waals surface area contributed by atoms with Gasteiger partial charge in [-0.25, -0.2) is 4.99 Å². The van der Waals surface area contributed by atoms with Gasteiger partial charge in [0.05, 0.1) is 10.6 Å². The first kappa shape index (κ1) is 22.5. The average Bonchev–Trinajstić information content (AvgIpc) is 3.18. The molecule has 0 aliphatic carbocycles. The molecule has 0 aromatic heterocycles. The van der Waals surface area contributed by atoms with E-state index in [4.69, 9.17) is 27.9 Å². The van der Waals surface area contributed by atoms with Crippen LogP contribution in [0.25, 0.3) is 16.8 Å². The van der Waals surface area contributed by atoms with Gasteiger partial charge in [0.15, 0.2) is 5.17 Å². The SMILES string of the molecule is O=C1NC(=Nc2ccc(Cl)cc2)S/C1=C\c1cc(Cl)ccc1OCc1cccc2ccccc12. The van der Waals surface area contributed by atoms with Gasteiger partial charge in [-0.05, 0) is 76.6 Å². The predicted molar refractivity (Wildman–Crippen MR) is 142 cm³/mol. The van der Waals surface area contributed by atoms with Crippen LogP contribution in [0.3, 0.4) is 0 Å². The smallest absolute Gasteiger partial charge is 0.264 e. The van der Waals surface area contributed by atoms with Gasteiger partial charge in [0, 0.05) is 15.6 Å². The highest BCUT2D eigenvalue weighted by Crippen LogP contribution is 2.33. The molecule has 4 aromatic carbocycles. The molecule has 1 fully saturated rings. The van der Waals surface area contributed by atoms with E-state index in [0.29, 0.717) is 38.2 Å². The molecule has 1 aliphatic heterocycles. The van der Waals surface area contributed by atoms with Crippen LogP contribution in [0.15, 0.2) is 94.8 Å². The Balaban J connectivity index is 1.39. The van der Waals surface area contributed by atoms with Gasteiger partial charge in [-0.15, -0.1) is 0 Å². The molecule has 1 saturated heterocycles. The maximum absolute atomic E-state index is 12.6. The first-order chi connectivity index (χ1) is 16.5. The van der Waals surface area contributed by atoms with Crippen molar-refractivity contribution in [1.29, 1.82) is 0 Å². The Morgan fingerprint density at radius 3 is 2.53 bits per heavy atom. The molecule has 0 saturated carbocycles. The number of amidine groups is 1. The topological polar surface area (TPSA) is 50.7 Å². The summed E-state index contributed by atoms with van der Waals surface area (Å²) in [7, 11) is 0. The number of nitrogens with zero attached hydrogens (tertiary/aromatic N) is 1. The highest BCUT2D eigenvalue weighted by Gasteiger charge is 2.24. The maximum atomic E-state index is 12.6. The van der Waals surface area contributed by atoms with E-state index in [1.807, 2.05) is 24.3 Å². The molecular weight excluding hydrogens is 487 g/mol. The van der Waals surface area contributed by atoms with Crippen molar-refractivity contribution in [2.45, 2.75) is 6.61 Å². The van der Waals surface area contributed by atoms with E-state index >= 15 is 0 Å². The van der Waals surface area contributed by atoms with E-state index in [9.17, 15) is 4.79 Å². The molecule has 1 aliphatic rings. The summed E-state index contributed by atoms with van der Waals surface area (Å²) < 4.78 is 6.18. The van der Waals surface area contributed by atoms with Gasteiger partial charge in [0.1, 0.15) is 12.4 Å². The molecule has 1 N–H and O–H groups in total. The molecule has 0 atom stereocenters. The number of hydrogen-bond donors (Lipinski definition) is 1. The van der Waals surface area contributed by atoms with Crippen LogP contribution < -0.4 is 10.1 Å². The second kappa shape index (κ2) is 9.94. The lowest BCUT2D eigenvalue weighted by molar-refractivity contribution is -0.115. The van der Waals surface area contributed by atoms with E-state index < -0.39 is 0 Å². The van der Waals surface area contributed by atoms with Crippen LogP contribution in [0.1, 0.15) is 11.1 Å². The van der Waals surface area contributed by atoms with E-state index in [1.165, 1.54) is 11.8 Å². The number of carbonyl (C=O) groups excluding carboxylic acids is 1. The van der Waals surface area contributed by atoms with Gasteiger partial charge in [-0.1, -0.05) is 65.7 Å². The fourth-order valence-corrected chi connectivity index (χ4v) is 4.73. The number of rotatable bonds is 5. The van der Waals surface area contributed by atoms with Gasteiger partial charge in [0.2, 0.25) is 0 Å². The van der Waals surface area contributed by atoms with Crippen molar-refractivity contribution in [2.75, 3.05) is 0 Å². The normalized spacial score (nSPS) is 15.8. The Kier molecular flexibility index (Phi) is 6.59. The van der Waals surface area contributed by atoms with Gasteiger partial charge >= 0.3 is 0 Å². The van der Waals surface area contributed by atoms with Crippen LogP contribution >= 0.6 is 35.0 Å². The number of aliphatic imine (C=N–C) groups is 1. The summed E-state index contributed by atoms with van der Waals surface area (Å²) in [6, 6.07) is 26.8. The van der Waals surface area contributed by atoms with Crippen LogP contribution in [0.5, 0.6) is 5.75 Å². The van der Waals surface area contributed by atoms with Gasteiger partial charge in [-0.3, -0.25) is 4.79 Å². The molecule has 0 radical (unpaired) electrons. The lowest BCUT2D eigenvalue weighted by Gasteiger charge is -2.12. The zero-order valence-electron chi connectivity index (χ0n) is 17.8. The molecule has 4 nitrogen and oxygen atoms in total. The Bertz CT molecular complexity index is 1440. The zero-order chi connectivity index (χ0) is 23.5. The van der Waals surface area contributed by atoms with Crippen molar-refractivity contribution in [3.8, 4) is 5.75 Å². The van der Waals surface area contributed by atoms with E-state index in [-0.39, 0.29) is 5.91 Å². The third-order valence-corrected chi connectivity index (χ3v) is 6.63. The highest BCUT2D eigenvalue weighted by atomic mass is 35.5. The minimum Gasteiger partial charge on any atom is -0.488 e. The van der Waals surface area contributed by atoms with Crippen molar-refractivity contribution in [3.63, 3.8) is 0 Å². The molecule has 7 heteroatoms. The number of benzene rings is 4. The van der Waals surface area contributed by atoms with Crippen LogP contribution in [-0.2, 0) is 11.4 Å². The van der Waals surface area contributed by atoms with Crippen LogP contribution in [0, 0.1) is 0 Å². The number of thioether (sulfide) groups is 1. The molecule has 168 valence electrons. The Labute approximate surface area is 211 Å². The molecule has 5 rings (SSSR count). The molecule has 4 aromatic rings. The van der Waals surface area contributed by atoms with Gasteiger partial charge < -0.3 is 10.1 Å². The summed E-state index contributed by atoms with van der Waals surface area (Å²) in [6.07, 6.45) is 1.77. The van der Waals surface area contributed by atoms with Crippen LogP contribution in [0.2, 0.25) is 10.0 Å². The Hall–Kier alpha value is -3.25. The predicted octanol–water partition coefficient (Wildman–Crippen LogP) is 7.62. The van der Waals surface area contributed by atoms with E-state index in [0.717, 1.165) is 21.9 Å². The summed E-state index contributed by atoms with van der Waals surface area (Å²) in [5, 5.41) is 6.79. The van der Waals surface area contributed by atoms with Crippen molar-refractivity contribution >= 4 is 68.6 Å². The van der Waals surface area contributed by atoms with Crippen LogP contribution in [-0.4, -0.2) is 11.1 Å². The minimum absolute atomic E-state index is 0.224. The second-order valence-corrected chi connectivity index (χ2v) is 9.47. The van der Waals surface area contributed by atoms with Gasteiger partial charge in [-0.2, -0.15) is 0 Å². The Morgan fingerprint density at radius 2 is 1.68 bits per heavy atom. The average molecular weight is 505 g/mol. The number of nitrogens with one attached hydrogen (secondary N) is 1. The zero-order valence-corrected chi connectivity index (χ0v) is 20.1. The highest BCUT2D eigenvalue weighted by molar-refractivity contribution is 8.18. The number of carbonyl (C=O) groups is 1. The summed E-state index contributed by atoms with van der Waals surface area (Å²) in [4.78, 5) is 17.6. The number of ether oxygens (including phenoxy) is 1. The van der Waals surface area contributed by atoms with Crippen molar-refractivity contribution in [2.24, 2.45) is 4.99 Å². The minimum atomic E-state index is -0.224. The van der Waals surface area contributed by atoms with Crippen LogP contribution in [0.4, 0.5) is 5.69 Å². The first-order valence-corrected chi connectivity index (χ1v) is 12.1. The molecule has 0 spiro atoms. The molecular formula is C27H18Cl2N2O2S. The Morgan fingerprint density at radius 1 is 0.912 bits per heavy atom. The van der Waals surface area contributed by atoms with Gasteiger partial charge in [0.25, 0.3) is 5.91 Å². The number of amides is 1. The summed E-state index contributed by atoms with van der Waals surface area (Å²) in [5.74, 6) is 0.416. The number of halogens is 2. The van der Waals surface area contributed by atoms with Crippen molar-refractivity contribution in [1.82, 2.24) is 5.32 Å². The quantitative estimate of drug-likeness (QED) is 0.284. The first-order valence-electron chi connectivity index (χ1n) is 10.5. The molecule has 34 heavy (non-hydrogen) atoms. The molecule has 0 unspecified atom stereocenters. The van der Waals surface area contributed by atoms with Crippen molar-refractivity contribution < 1.29 is 9.53 Å². The molecule has 1 amide bonds. The summed E-state index contributed by atoms with van der Waals surface area (Å²) in [5.41, 5.74) is 2.51. The fraction of sp³-hybridized carbons (Fsp3) is 0.0370. The number of fused-ring (bicyclic) bond motifs is 1. The summed E-state index contributed by atoms with van der Waals surface area (Å²) in [6.45, 7) is 0.391. The fourth-order valence-electron chi connectivity index (χ4n) is 3.59. The molecule has 0 bridgehead atoms. The standard InChI is InChI=1S/C27H18Cl2N2O2S/c28-20-8-11-22(12-9-20)30-27-31-26(32)25(34-27)15-19-14-21(29)10-13-24(19)33-16-18-6-3-5-17-4-1-2-7-23(17)18/h1-15H,16H2,(H,30,31,32)/b25-15-. The third-order valence-electron chi connectivity index (χ3n) is 5.23. The molecule has 1 heterocycles. The lowest BCUT2D eigenvalue weighted by Crippen LogP contribution is -2.19.